The predicted octanol–water partition coefficient (Wildman–Crippen LogP) is 8.42. The molecular formula is C49H58N8O6. The lowest BCUT2D eigenvalue weighted by atomic mass is 9.73. The molecule has 330 valence electrons. The molecule has 6 unspecified atom stereocenters. The quantitative estimate of drug-likeness (QED) is 0.102. The SMILES string of the molecule is COC(=O)NC(C(=O)N1CCCC1c1ncc(-c2ccc(-c3ccc(-c4ccc5nc(C6CCCN6C(=O)C(NC(=O)OC)C(C)C)[nH]c5c4)c4c3C3CCC3C4)cc2)[nH]1)C(C)C. The van der Waals surface area contributed by atoms with Crippen LogP contribution in [0.5, 0.6) is 0 Å². The smallest absolute Gasteiger partial charge is 0.407 e. The summed E-state index contributed by atoms with van der Waals surface area (Å²) in [5.74, 6) is 2.27. The van der Waals surface area contributed by atoms with Crippen LogP contribution in [0.15, 0.2) is 60.8 Å². The molecule has 5 aromatic rings. The highest BCUT2D eigenvalue weighted by Crippen LogP contribution is 2.56. The molecule has 14 nitrogen and oxygen atoms in total. The van der Waals surface area contributed by atoms with Crippen molar-refractivity contribution in [3.05, 3.63) is 83.6 Å². The van der Waals surface area contributed by atoms with Crippen molar-refractivity contribution < 1.29 is 28.7 Å². The van der Waals surface area contributed by atoms with Gasteiger partial charge in [0.25, 0.3) is 0 Å². The topological polar surface area (TPSA) is 175 Å². The highest BCUT2D eigenvalue weighted by molar-refractivity contribution is 5.89. The third-order valence-electron chi connectivity index (χ3n) is 14.0. The normalized spacial score (nSPS) is 21.3. The number of imidazole rings is 2. The zero-order chi connectivity index (χ0) is 44.1. The van der Waals surface area contributed by atoms with E-state index in [9.17, 15) is 19.2 Å². The Morgan fingerprint density at radius 1 is 0.698 bits per heavy atom. The Morgan fingerprint density at radius 2 is 1.29 bits per heavy atom. The molecule has 2 saturated heterocycles. The molecule has 1 saturated carbocycles. The lowest BCUT2D eigenvalue weighted by Crippen LogP contribution is -2.51. The van der Waals surface area contributed by atoms with Gasteiger partial charge in [-0.1, -0.05) is 70.2 Å². The molecule has 0 radical (unpaired) electrons. The van der Waals surface area contributed by atoms with Crippen molar-refractivity contribution in [1.29, 1.82) is 0 Å². The van der Waals surface area contributed by atoms with Gasteiger partial charge in [0.2, 0.25) is 11.8 Å². The number of nitrogens with one attached hydrogen (secondary N) is 4. The lowest BCUT2D eigenvalue weighted by Gasteiger charge is -2.31. The fraction of sp³-hybridized carbons (Fsp3) is 0.469. The van der Waals surface area contributed by atoms with E-state index in [0.29, 0.717) is 24.9 Å². The number of alkyl carbamates (subject to hydrolysis) is 2. The van der Waals surface area contributed by atoms with Crippen LogP contribution in [0.1, 0.15) is 107 Å². The van der Waals surface area contributed by atoms with Crippen LogP contribution in [-0.4, -0.2) is 93.1 Å². The highest BCUT2D eigenvalue weighted by atomic mass is 16.5. The number of H-pyrrole nitrogens is 2. The monoisotopic (exact) mass is 854 g/mol. The van der Waals surface area contributed by atoms with Crippen LogP contribution >= 0.6 is 0 Å². The van der Waals surface area contributed by atoms with Gasteiger partial charge >= 0.3 is 12.2 Å². The summed E-state index contributed by atoms with van der Waals surface area (Å²) >= 11 is 0. The van der Waals surface area contributed by atoms with Crippen LogP contribution in [0.2, 0.25) is 0 Å². The van der Waals surface area contributed by atoms with Gasteiger partial charge in [-0.05, 0) is 120 Å². The third-order valence-corrected chi connectivity index (χ3v) is 14.0. The zero-order valence-electron chi connectivity index (χ0n) is 37.0. The number of ether oxygens (including phenoxy) is 2. The van der Waals surface area contributed by atoms with E-state index in [-0.39, 0.29) is 35.7 Å². The van der Waals surface area contributed by atoms with Crippen molar-refractivity contribution in [2.24, 2.45) is 17.8 Å². The first-order valence-electron chi connectivity index (χ1n) is 22.6. The van der Waals surface area contributed by atoms with E-state index in [1.807, 2.05) is 43.7 Å². The maximum Gasteiger partial charge on any atom is 0.407 e. The second kappa shape index (κ2) is 17.2. The van der Waals surface area contributed by atoms with Gasteiger partial charge < -0.3 is 39.9 Å². The molecular weight excluding hydrogens is 797 g/mol. The second-order valence-corrected chi connectivity index (χ2v) is 18.4. The first kappa shape index (κ1) is 42.1. The Balaban J connectivity index is 0.946. The number of hydrogen-bond donors (Lipinski definition) is 4. The maximum absolute atomic E-state index is 13.8. The van der Waals surface area contributed by atoms with Crippen LogP contribution in [-0.2, 0) is 25.5 Å². The van der Waals surface area contributed by atoms with Gasteiger partial charge in [-0.15, -0.1) is 0 Å². The molecule has 0 spiro atoms. The Kier molecular flexibility index (Phi) is 11.5. The first-order chi connectivity index (χ1) is 30.4. The minimum atomic E-state index is -0.687. The molecule has 4 aliphatic rings. The number of benzene rings is 3. The summed E-state index contributed by atoms with van der Waals surface area (Å²) in [5.41, 5.74) is 11.5. The Morgan fingerprint density at radius 3 is 1.87 bits per heavy atom. The van der Waals surface area contributed by atoms with Crippen molar-refractivity contribution in [1.82, 2.24) is 40.4 Å². The summed E-state index contributed by atoms with van der Waals surface area (Å²) in [4.78, 5) is 72.1. The van der Waals surface area contributed by atoms with Crippen LogP contribution in [0.3, 0.4) is 0 Å². The molecule has 63 heavy (non-hydrogen) atoms. The number of nitrogens with zero attached hydrogens (tertiary/aromatic N) is 4. The molecule has 2 aromatic heterocycles. The number of carbonyl (C=O) groups excluding carboxylic acids is 4. The van der Waals surface area contributed by atoms with Crippen molar-refractivity contribution in [2.45, 2.75) is 103 Å². The summed E-state index contributed by atoms with van der Waals surface area (Å²) in [6, 6.07) is 18.0. The van der Waals surface area contributed by atoms with Crippen LogP contribution < -0.4 is 10.6 Å². The van der Waals surface area contributed by atoms with Gasteiger partial charge in [0.1, 0.15) is 23.7 Å². The maximum atomic E-state index is 13.8. The summed E-state index contributed by atoms with van der Waals surface area (Å²) in [6.45, 7) is 8.88. The summed E-state index contributed by atoms with van der Waals surface area (Å²) in [5, 5.41) is 5.46. The molecule has 2 aliphatic carbocycles. The molecule has 2 aliphatic heterocycles. The van der Waals surface area contributed by atoms with E-state index >= 15 is 0 Å². The average Bonchev–Trinajstić information content (AvgIpc) is 4.13. The molecule has 4 heterocycles. The summed E-state index contributed by atoms with van der Waals surface area (Å²) in [7, 11) is 2.61. The number of amides is 4. The average molecular weight is 855 g/mol. The number of hydrogen-bond acceptors (Lipinski definition) is 8. The Bertz CT molecular complexity index is 2540. The van der Waals surface area contributed by atoms with Crippen molar-refractivity contribution >= 4 is 35.0 Å². The molecule has 3 aromatic carbocycles. The van der Waals surface area contributed by atoms with Crippen LogP contribution in [0.4, 0.5) is 9.59 Å². The van der Waals surface area contributed by atoms with Crippen molar-refractivity contribution in [2.75, 3.05) is 27.3 Å². The van der Waals surface area contributed by atoms with Gasteiger partial charge in [0, 0.05) is 13.1 Å². The molecule has 14 heteroatoms. The second-order valence-electron chi connectivity index (χ2n) is 18.4. The van der Waals surface area contributed by atoms with Gasteiger partial charge in [-0.25, -0.2) is 19.6 Å². The predicted molar refractivity (Wildman–Crippen MR) is 239 cm³/mol. The van der Waals surface area contributed by atoms with E-state index in [1.165, 1.54) is 54.9 Å². The molecule has 0 bridgehead atoms. The van der Waals surface area contributed by atoms with Gasteiger partial charge in [-0.2, -0.15) is 0 Å². The summed E-state index contributed by atoms with van der Waals surface area (Å²) < 4.78 is 9.61. The fourth-order valence-electron chi connectivity index (χ4n) is 10.5. The number of fused-ring (bicyclic) bond motifs is 4. The number of rotatable bonds is 11. The van der Waals surface area contributed by atoms with E-state index in [2.05, 4.69) is 75.2 Å². The van der Waals surface area contributed by atoms with E-state index < -0.39 is 24.3 Å². The molecule has 9 rings (SSSR count). The minimum Gasteiger partial charge on any atom is -0.453 e. The number of methoxy groups -OCH3 is 2. The summed E-state index contributed by atoms with van der Waals surface area (Å²) in [6.07, 6.45) is 7.43. The zero-order valence-corrected chi connectivity index (χ0v) is 37.0. The highest BCUT2D eigenvalue weighted by Gasteiger charge is 2.43. The van der Waals surface area contributed by atoms with Crippen LogP contribution in [0, 0.1) is 17.8 Å². The number of aromatic nitrogens is 4. The van der Waals surface area contributed by atoms with Crippen molar-refractivity contribution in [3.8, 4) is 33.5 Å². The van der Waals surface area contributed by atoms with E-state index in [0.717, 1.165) is 71.6 Å². The van der Waals surface area contributed by atoms with Crippen LogP contribution in [0.25, 0.3) is 44.5 Å². The molecule has 4 amide bonds. The number of carbonyl (C=O) groups is 4. The number of likely N-dealkylation sites (tertiary alicyclic amines) is 2. The Labute approximate surface area is 367 Å². The van der Waals surface area contributed by atoms with Gasteiger partial charge in [0.15, 0.2) is 0 Å². The lowest BCUT2D eigenvalue weighted by molar-refractivity contribution is -0.136. The largest absolute Gasteiger partial charge is 0.453 e. The molecule has 6 atom stereocenters. The standard InChI is InChI=1S/C49H58N8O6/c1-26(2)42(54-48(60)62-5)46(58)56-21-7-9-39(56)44-50-25-38(53-44)29-13-11-28(12-14-29)33-19-18-32(35-23-30-15-17-34(30)41(33)35)31-16-20-36-37(24-31)52-45(51-36)40-10-8-22-57(40)47(59)43(27(3)4)55-49(61)63-6/h11-14,16,18-20,24-27,30,34,39-40,42-43H,7-10,15,17,21-23H2,1-6H3,(H,50,53)(H,51,52)(H,54,60)(H,55,61). The van der Waals surface area contributed by atoms with E-state index in [4.69, 9.17) is 19.4 Å². The fourth-order valence-corrected chi connectivity index (χ4v) is 10.5. The van der Waals surface area contributed by atoms with Crippen molar-refractivity contribution in [3.63, 3.8) is 0 Å². The Hall–Kier alpha value is -6.18. The van der Waals surface area contributed by atoms with Gasteiger partial charge in [-0.3, -0.25) is 9.59 Å². The minimum absolute atomic E-state index is 0.102. The van der Waals surface area contributed by atoms with E-state index in [1.54, 1.807) is 0 Å². The molecule has 4 N–H and O–H groups in total. The first-order valence-corrected chi connectivity index (χ1v) is 22.6. The molecule has 3 fully saturated rings. The van der Waals surface area contributed by atoms with Gasteiger partial charge in [0.05, 0.1) is 49.2 Å². The number of aromatic amines is 2. The third kappa shape index (κ3) is 7.82.